The molecule has 31 heavy (non-hydrogen) atoms. The van der Waals surface area contributed by atoms with Gasteiger partial charge in [-0.15, -0.1) is 0 Å². The van der Waals surface area contributed by atoms with Crippen molar-refractivity contribution in [3.05, 3.63) is 70.6 Å². The summed E-state index contributed by atoms with van der Waals surface area (Å²) < 4.78 is 17.5. The van der Waals surface area contributed by atoms with Crippen LogP contribution in [0.4, 0.5) is 5.69 Å². The van der Waals surface area contributed by atoms with Gasteiger partial charge in [-0.2, -0.15) is 0 Å². The SMILES string of the molecule is COC1=CC2OC3=CC(OC)CC=C3N(c3c4c(nc5[nH]ccc35)=NCCC=4)C2C=C1. The number of fused-ring (bicyclic) bond motifs is 4. The summed E-state index contributed by atoms with van der Waals surface area (Å²) in [6.07, 6.45) is 16.2. The van der Waals surface area contributed by atoms with Crippen LogP contribution in [-0.4, -0.2) is 49.0 Å². The lowest BCUT2D eigenvalue weighted by atomic mass is 9.94. The molecule has 6 rings (SSSR count). The third kappa shape index (κ3) is 2.84. The summed E-state index contributed by atoms with van der Waals surface area (Å²) in [6, 6.07) is 2.08. The van der Waals surface area contributed by atoms with Crippen molar-refractivity contribution in [2.45, 2.75) is 31.1 Å². The standard InChI is InChI=1S/C24H24N4O3/c1-29-14-5-7-18-20(12-14)31-21-13-15(30-2)6-8-19(21)28(18)22-16-4-3-10-25-23(16)27-24-17(22)9-11-26-24/h4-5,7-9,11-13,15,18,20H,3,6,10H2,1-2H3,(H,25,26,27). The Morgan fingerprint density at radius 3 is 3.03 bits per heavy atom. The molecule has 1 saturated heterocycles. The topological polar surface area (TPSA) is 72.0 Å². The Balaban J connectivity index is 1.61. The molecule has 3 unspecified atom stereocenters. The monoisotopic (exact) mass is 416 g/mol. The highest BCUT2D eigenvalue weighted by atomic mass is 16.5. The number of pyridine rings is 1. The zero-order valence-electron chi connectivity index (χ0n) is 17.5. The van der Waals surface area contributed by atoms with E-state index in [4.69, 9.17) is 24.2 Å². The minimum atomic E-state index is -0.183. The van der Waals surface area contributed by atoms with Crippen molar-refractivity contribution in [1.82, 2.24) is 9.97 Å². The van der Waals surface area contributed by atoms with E-state index in [-0.39, 0.29) is 18.2 Å². The normalized spacial score (nSPS) is 26.3. The molecule has 2 aliphatic carbocycles. The van der Waals surface area contributed by atoms with E-state index in [0.717, 1.165) is 64.0 Å². The van der Waals surface area contributed by atoms with Crippen LogP contribution in [0.2, 0.25) is 0 Å². The van der Waals surface area contributed by atoms with Gasteiger partial charge in [-0.05, 0) is 31.1 Å². The second-order valence-corrected chi connectivity index (χ2v) is 8.02. The van der Waals surface area contributed by atoms with Crippen LogP contribution in [0.25, 0.3) is 17.1 Å². The van der Waals surface area contributed by atoms with Crippen LogP contribution in [0.15, 0.2) is 64.9 Å². The minimum absolute atomic E-state index is 0.00218. The quantitative estimate of drug-likeness (QED) is 0.831. The van der Waals surface area contributed by atoms with E-state index >= 15 is 0 Å². The highest BCUT2D eigenvalue weighted by Crippen LogP contribution is 2.40. The first kappa shape index (κ1) is 18.4. The van der Waals surface area contributed by atoms with E-state index in [1.165, 1.54) is 0 Å². The average Bonchev–Trinajstić information content (AvgIpc) is 3.28. The van der Waals surface area contributed by atoms with Crippen molar-refractivity contribution in [2.75, 3.05) is 25.7 Å². The first-order valence-electron chi connectivity index (χ1n) is 10.6. The van der Waals surface area contributed by atoms with Gasteiger partial charge in [0.25, 0.3) is 0 Å². The second kappa shape index (κ2) is 7.13. The highest BCUT2D eigenvalue weighted by molar-refractivity contribution is 5.92. The summed E-state index contributed by atoms with van der Waals surface area (Å²) in [7, 11) is 3.41. The molecule has 0 saturated carbocycles. The van der Waals surface area contributed by atoms with Gasteiger partial charge in [-0.3, -0.25) is 4.99 Å². The lowest BCUT2D eigenvalue weighted by Crippen LogP contribution is -2.52. The summed E-state index contributed by atoms with van der Waals surface area (Å²) in [4.78, 5) is 15.2. The first-order valence-corrected chi connectivity index (χ1v) is 10.6. The van der Waals surface area contributed by atoms with Crippen LogP contribution in [-0.2, 0) is 14.2 Å². The lowest BCUT2D eigenvalue weighted by Gasteiger charge is -2.45. The number of aromatic amines is 1. The number of anilines is 1. The van der Waals surface area contributed by atoms with E-state index < -0.39 is 0 Å². The van der Waals surface area contributed by atoms with Gasteiger partial charge in [0.1, 0.15) is 23.3 Å². The van der Waals surface area contributed by atoms with Crippen LogP contribution in [0.1, 0.15) is 12.8 Å². The summed E-state index contributed by atoms with van der Waals surface area (Å²) in [5, 5.41) is 2.17. The van der Waals surface area contributed by atoms with Crippen LogP contribution in [0, 0.1) is 0 Å². The smallest absolute Gasteiger partial charge is 0.158 e. The molecule has 4 aliphatic rings. The number of H-pyrrole nitrogens is 1. The third-order valence-electron chi connectivity index (χ3n) is 6.29. The molecule has 1 fully saturated rings. The molecule has 7 heteroatoms. The molecule has 0 radical (unpaired) electrons. The average molecular weight is 416 g/mol. The number of morpholine rings is 1. The Morgan fingerprint density at radius 2 is 2.16 bits per heavy atom. The summed E-state index contributed by atoms with van der Waals surface area (Å²) in [5.74, 6) is 1.64. The predicted molar refractivity (Wildman–Crippen MR) is 118 cm³/mol. The van der Waals surface area contributed by atoms with Crippen molar-refractivity contribution in [3.63, 3.8) is 0 Å². The van der Waals surface area contributed by atoms with E-state index in [0.29, 0.717) is 0 Å². The third-order valence-corrected chi connectivity index (χ3v) is 6.29. The van der Waals surface area contributed by atoms with E-state index in [9.17, 15) is 0 Å². The molecule has 2 aromatic rings. The Bertz CT molecular complexity index is 1300. The highest BCUT2D eigenvalue weighted by Gasteiger charge is 2.40. The number of allylic oxidation sites excluding steroid dienone is 1. The summed E-state index contributed by atoms with van der Waals surface area (Å²) in [5.41, 5.74) is 3.82. The molecule has 0 aromatic carbocycles. The number of nitrogens with zero attached hydrogens (tertiary/aromatic N) is 3. The first-order chi connectivity index (χ1) is 15.3. The minimum Gasteiger partial charge on any atom is -0.497 e. The zero-order valence-corrected chi connectivity index (χ0v) is 17.5. The molecular weight excluding hydrogens is 392 g/mol. The van der Waals surface area contributed by atoms with Gasteiger partial charge in [0.2, 0.25) is 0 Å². The van der Waals surface area contributed by atoms with E-state index in [2.05, 4.69) is 40.3 Å². The molecule has 3 atom stereocenters. The fraction of sp³-hybridized carbons (Fsp3) is 0.333. The number of nitrogens with one attached hydrogen (secondary N) is 1. The molecule has 2 aromatic heterocycles. The Labute approximate surface area is 179 Å². The maximum absolute atomic E-state index is 6.45. The fourth-order valence-corrected chi connectivity index (χ4v) is 4.81. The molecule has 7 nitrogen and oxygen atoms in total. The number of hydrogen-bond acceptors (Lipinski definition) is 6. The van der Waals surface area contributed by atoms with Crippen LogP contribution in [0.5, 0.6) is 0 Å². The van der Waals surface area contributed by atoms with E-state index in [1.807, 2.05) is 18.3 Å². The lowest BCUT2D eigenvalue weighted by molar-refractivity contribution is 0.0993. The van der Waals surface area contributed by atoms with Gasteiger partial charge in [-0.1, -0.05) is 18.2 Å². The van der Waals surface area contributed by atoms with Gasteiger partial charge < -0.3 is 24.1 Å². The van der Waals surface area contributed by atoms with Crippen molar-refractivity contribution in [2.24, 2.45) is 4.99 Å². The van der Waals surface area contributed by atoms with Gasteiger partial charge in [0.15, 0.2) is 5.49 Å². The fourth-order valence-electron chi connectivity index (χ4n) is 4.81. The van der Waals surface area contributed by atoms with Crippen molar-refractivity contribution < 1.29 is 14.2 Å². The van der Waals surface area contributed by atoms with Crippen LogP contribution in [0.3, 0.4) is 0 Å². The van der Waals surface area contributed by atoms with Gasteiger partial charge in [0, 0.05) is 36.5 Å². The van der Waals surface area contributed by atoms with Crippen molar-refractivity contribution in [1.29, 1.82) is 0 Å². The maximum atomic E-state index is 6.45. The van der Waals surface area contributed by atoms with Gasteiger partial charge in [-0.25, -0.2) is 4.98 Å². The molecule has 0 bridgehead atoms. The van der Waals surface area contributed by atoms with Crippen molar-refractivity contribution in [3.8, 4) is 0 Å². The molecule has 0 spiro atoms. The molecule has 1 N–H and O–H groups in total. The van der Waals surface area contributed by atoms with Gasteiger partial charge >= 0.3 is 0 Å². The second-order valence-electron chi connectivity index (χ2n) is 8.02. The Kier molecular flexibility index (Phi) is 4.24. The summed E-state index contributed by atoms with van der Waals surface area (Å²) in [6.45, 7) is 0.768. The molecule has 158 valence electrons. The van der Waals surface area contributed by atoms with E-state index in [1.54, 1.807) is 14.2 Å². The molecule has 2 aliphatic heterocycles. The summed E-state index contributed by atoms with van der Waals surface area (Å²) >= 11 is 0. The number of rotatable bonds is 3. The molecule has 4 heterocycles. The zero-order chi connectivity index (χ0) is 20.9. The Hall–Kier alpha value is -3.32. The number of methoxy groups -OCH3 is 2. The van der Waals surface area contributed by atoms with Crippen molar-refractivity contribution >= 4 is 22.8 Å². The predicted octanol–water partition coefficient (Wildman–Crippen LogP) is 2.23. The van der Waals surface area contributed by atoms with Crippen LogP contribution < -0.4 is 15.6 Å². The number of hydrogen-bond donors (Lipinski definition) is 1. The number of aromatic nitrogens is 2. The van der Waals surface area contributed by atoms with Crippen LogP contribution >= 0.6 is 0 Å². The number of ether oxygens (including phenoxy) is 3. The molecular formula is C24H24N4O3. The maximum Gasteiger partial charge on any atom is 0.158 e. The van der Waals surface area contributed by atoms with Gasteiger partial charge in [0.05, 0.1) is 30.6 Å². The Morgan fingerprint density at radius 1 is 1.23 bits per heavy atom. The largest absolute Gasteiger partial charge is 0.497 e. The molecule has 0 amide bonds.